The standard InChI is InChI=1S/C19H23N5OS/c1-13(2)9-17(15-5-4-8-20-11-15)21-19(25)24(3)12-14-6-7-16-18(10-14)23-26-22-16/h4-8,10-11,13,17H,9,12H2,1-3H3,(H,21,25). The van der Waals surface area contributed by atoms with Gasteiger partial charge in [-0.15, -0.1) is 0 Å². The minimum atomic E-state index is -0.101. The zero-order valence-electron chi connectivity index (χ0n) is 15.2. The number of fused-ring (bicyclic) bond motifs is 1. The van der Waals surface area contributed by atoms with Crippen molar-refractivity contribution in [2.45, 2.75) is 32.9 Å². The van der Waals surface area contributed by atoms with E-state index < -0.39 is 0 Å². The van der Waals surface area contributed by atoms with E-state index in [9.17, 15) is 4.79 Å². The number of hydrogen-bond donors (Lipinski definition) is 1. The van der Waals surface area contributed by atoms with E-state index in [1.165, 1.54) is 11.7 Å². The largest absolute Gasteiger partial charge is 0.331 e. The van der Waals surface area contributed by atoms with E-state index in [2.05, 4.69) is 32.9 Å². The van der Waals surface area contributed by atoms with E-state index in [4.69, 9.17) is 0 Å². The maximum Gasteiger partial charge on any atom is 0.317 e. The van der Waals surface area contributed by atoms with Gasteiger partial charge in [0.05, 0.1) is 17.8 Å². The fourth-order valence-corrected chi connectivity index (χ4v) is 3.38. The summed E-state index contributed by atoms with van der Waals surface area (Å²) in [4.78, 5) is 18.6. The first kappa shape index (κ1) is 18.3. The number of nitrogens with zero attached hydrogens (tertiary/aromatic N) is 4. The molecule has 136 valence electrons. The van der Waals surface area contributed by atoms with Gasteiger partial charge in [0, 0.05) is 26.0 Å². The van der Waals surface area contributed by atoms with Crippen LogP contribution in [0.4, 0.5) is 4.79 Å². The molecule has 0 saturated carbocycles. The molecule has 2 heterocycles. The third-order valence-electron chi connectivity index (χ3n) is 4.18. The number of aromatic nitrogens is 3. The van der Waals surface area contributed by atoms with E-state index in [-0.39, 0.29) is 12.1 Å². The maximum atomic E-state index is 12.7. The van der Waals surface area contributed by atoms with Crippen LogP contribution in [-0.4, -0.2) is 31.7 Å². The first-order valence-electron chi connectivity index (χ1n) is 8.65. The van der Waals surface area contributed by atoms with Gasteiger partial charge in [0.15, 0.2) is 0 Å². The second kappa shape index (κ2) is 8.23. The number of rotatable bonds is 6. The Bertz CT molecular complexity index is 865. The van der Waals surface area contributed by atoms with Crippen LogP contribution in [0, 0.1) is 5.92 Å². The van der Waals surface area contributed by atoms with Crippen molar-refractivity contribution in [2.75, 3.05) is 7.05 Å². The summed E-state index contributed by atoms with van der Waals surface area (Å²) in [6, 6.07) is 9.66. The van der Waals surface area contributed by atoms with Crippen LogP contribution in [0.3, 0.4) is 0 Å². The lowest BCUT2D eigenvalue weighted by Crippen LogP contribution is -2.39. The predicted molar refractivity (Wildman–Crippen MR) is 104 cm³/mol. The van der Waals surface area contributed by atoms with Gasteiger partial charge in [0.2, 0.25) is 0 Å². The lowest BCUT2D eigenvalue weighted by Gasteiger charge is -2.25. The lowest BCUT2D eigenvalue weighted by atomic mass is 9.98. The molecule has 2 amide bonds. The summed E-state index contributed by atoms with van der Waals surface area (Å²) in [6.07, 6.45) is 4.42. The summed E-state index contributed by atoms with van der Waals surface area (Å²) in [5, 5.41) is 3.14. The Morgan fingerprint density at radius 2 is 2.04 bits per heavy atom. The molecular formula is C19H23N5OS. The lowest BCUT2D eigenvalue weighted by molar-refractivity contribution is 0.200. The van der Waals surface area contributed by atoms with Crippen molar-refractivity contribution in [1.82, 2.24) is 23.9 Å². The predicted octanol–water partition coefficient (Wildman–Crippen LogP) is 4.02. The number of carbonyl (C=O) groups excluding carboxylic acids is 1. The van der Waals surface area contributed by atoms with Crippen LogP contribution in [0.15, 0.2) is 42.7 Å². The molecule has 1 aromatic carbocycles. The molecule has 1 N–H and O–H groups in total. The van der Waals surface area contributed by atoms with Crippen LogP contribution < -0.4 is 5.32 Å². The molecule has 0 radical (unpaired) electrons. The van der Waals surface area contributed by atoms with Crippen molar-refractivity contribution in [3.63, 3.8) is 0 Å². The fraction of sp³-hybridized carbons (Fsp3) is 0.368. The summed E-state index contributed by atoms with van der Waals surface area (Å²) in [5.41, 5.74) is 3.82. The molecule has 0 bridgehead atoms. The minimum absolute atomic E-state index is 0.0520. The van der Waals surface area contributed by atoms with Gasteiger partial charge in [-0.05, 0) is 41.7 Å². The molecular weight excluding hydrogens is 346 g/mol. The zero-order chi connectivity index (χ0) is 18.5. The number of nitrogens with one attached hydrogen (secondary N) is 1. The van der Waals surface area contributed by atoms with E-state index in [0.717, 1.165) is 28.6 Å². The Morgan fingerprint density at radius 3 is 2.77 bits per heavy atom. The third-order valence-corrected chi connectivity index (χ3v) is 4.73. The molecule has 1 unspecified atom stereocenters. The van der Waals surface area contributed by atoms with Crippen LogP contribution >= 0.6 is 11.7 Å². The monoisotopic (exact) mass is 369 g/mol. The second-order valence-corrected chi connectivity index (χ2v) is 7.39. The highest BCUT2D eigenvalue weighted by Gasteiger charge is 2.19. The average molecular weight is 369 g/mol. The molecule has 0 aliphatic rings. The van der Waals surface area contributed by atoms with Crippen LogP contribution in [0.5, 0.6) is 0 Å². The van der Waals surface area contributed by atoms with Gasteiger partial charge in [-0.25, -0.2) is 4.79 Å². The number of carbonyl (C=O) groups is 1. The van der Waals surface area contributed by atoms with E-state index in [1.54, 1.807) is 18.1 Å². The quantitative estimate of drug-likeness (QED) is 0.712. The van der Waals surface area contributed by atoms with Crippen LogP contribution in [0.2, 0.25) is 0 Å². The smallest absolute Gasteiger partial charge is 0.317 e. The molecule has 0 spiro atoms. The van der Waals surface area contributed by atoms with E-state index in [0.29, 0.717) is 12.5 Å². The van der Waals surface area contributed by atoms with Gasteiger partial charge in [0.25, 0.3) is 0 Å². The zero-order valence-corrected chi connectivity index (χ0v) is 16.0. The first-order valence-corrected chi connectivity index (χ1v) is 9.38. The van der Waals surface area contributed by atoms with E-state index >= 15 is 0 Å². The average Bonchev–Trinajstić information content (AvgIpc) is 3.09. The Hall–Kier alpha value is -2.54. The highest BCUT2D eigenvalue weighted by atomic mass is 32.1. The molecule has 0 aliphatic carbocycles. The van der Waals surface area contributed by atoms with Crippen molar-refractivity contribution in [2.24, 2.45) is 5.92 Å². The number of hydrogen-bond acceptors (Lipinski definition) is 5. The van der Waals surface area contributed by atoms with Crippen molar-refractivity contribution in [1.29, 1.82) is 0 Å². The Morgan fingerprint density at radius 1 is 1.23 bits per heavy atom. The molecule has 0 fully saturated rings. The number of pyridine rings is 1. The van der Waals surface area contributed by atoms with Gasteiger partial charge in [0.1, 0.15) is 11.0 Å². The second-order valence-electron chi connectivity index (χ2n) is 6.86. The van der Waals surface area contributed by atoms with Crippen LogP contribution in [0.25, 0.3) is 11.0 Å². The van der Waals surface area contributed by atoms with Gasteiger partial charge in [-0.1, -0.05) is 26.0 Å². The number of amides is 2. The minimum Gasteiger partial charge on any atom is -0.331 e. The molecule has 6 nitrogen and oxygen atoms in total. The Kier molecular flexibility index (Phi) is 5.78. The van der Waals surface area contributed by atoms with Gasteiger partial charge < -0.3 is 10.2 Å². The SMILES string of the molecule is CC(C)CC(NC(=O)N(C)Cc1ccc2nsnc2c1)c1cccnc1. The van der Waals surface area contributed by atoms with Crippen molar-refractivity contribution in [3.8, 4) is 0 Å². The summed E-state index contributed by atoms with van der Waals surface area (Å²) >= 11 is 1.20. The van der Waals surface area contributed by atoms with Gasteiger partial charge >= 0.3 is 6.03 Å². The van der Waals surface area contributed by atoms with E-state index in [1.807, 2.05) is 36.5 Å². The van der Waals surface area contributed by atoms with Gasteiger partial charge in [-0.2, -0.15) is 8.75 Å². The molecule has 3 rings (SSSR count). The molecule has 26 heavy (non-hydrogen) atoms. The molecule has 0 saturated heterocycles. The summed E-state index contributed by atoms with van der Waals surface area (Å²) < 4.78 is 8.46. The highest BCUT2D eigenvalue weighted by molar-refractivity contribution is 7.00. The molecule has 1 atom stereocenters. The Labute approximate surface area is 157 Å². The Balaban J connectivity index is 1.67. The highest BCUT2D eigenvalue weighted by Crippen LogP contribution is 2.21. The maximum absolute atomic E-state index is 12.7. The van der Waals surface area contributed by atoms with Crippen LogP contribution in [-0.2, 0) is 6.54 Å². The molecule has 2 aromatic heterocycles. The first-order chi connectivity index (χ1) is 12.5. The van der Waals surface area contributed by atoms with Gasteiger partial charge in [-0.3, -0.25) is 4.98 Å². The van der Waals surface area contributed by atoms with Crippen molar-refractivity contribution < 1.29 is 4.79 Å². The van der Waals surface area contributed by atoms with Crippen molar-refractivity contribution in [3.05, 3.63) is 53.9 Å². The number of benzene rings is 1. The van der Waals surface area contributed by atoms with Crippen molar-refractivity contribution >= 4 is 28.8 Å². The number of urea groups is 1. The molecule has 7 heteroatoms. The van der Waals surface area contributed by atoms with Crippen LogP contribution in [0.1, 0.15) is 37.4 Å². The topological polar surface area (TPSA) is 71.0 Å². The fourth-order valence-electron chi connectivity index (χ4n) is 2.86. The summed E-state index contributed by atoms with van der Waals surface area (Å²) in [7, 11) is 1.80. The summed E-state index contributed by atoms with van der Waals surface area (Å²) in [5.74, 6) is 0.463. The normalized spacial score (nSPS) is 12.3. The molecule has 3 aromatic rings. The molecule has 0 aliphatic heterocycles. The summed E-state index contributed by atoms with van der Waals surface area (Å²) in [6.45, 7) is 4.81. The third kappa shape index (κ3) is 4.54.